The van der Waals surface area contributed by atoms with Gasteiger partial charge in [0, 0.05) is 19.3 Å². The summed E-state index contributed by atoms with van der Waals surface area (Å²) < 4.78 is 6.96. The van der Waals surface area contributed by atoms with Crippen molar-refractivity contribution in [1.82, 2.24) is 19.7 Å². The van der Waals surface area contributed by atoms with Crippen molar-refractivity contribution in [2.24, 2.45) is 12.8 Å². The molecule has 1 aliphatic heterocycles. The molecular formula is C15H19N5O3. The molecule has 1 atom stereocenters. The predicted octanol–water partition coefficient (Wildman–Crippen LogP) is -0.0886. The van der Waals surface area contributed by atoms with Crippen LogP contribution >= 0.6 is 0 Å². The Kier molecular flexibility index (Phi) is 3.77. The number of carbonyl (C=O) groups excluding carboxylic acids is 2. The largest absolute Gasteiger partial charge is 0.367 e. The Balaban J connectivity index is 2.02. The lowest BCUT2D eigenvalue weighted by Gasteiger charge is -2.31. The Morgan fingerprint density at radius 2 is 2.13 bits per heavy atom. The second kappa shape index (κ2) is 5.62. The van der Waals surface area contributed by atoms with Gasteiger partial charge in [-0.15, -0.1) is 0 Å². The van der Waals surface area contributed by atoms with Gasteiger partial charge in [0.15, 0.2) is 11.8 Å². The molecule has 1 unspecified atom stereocenters. The molecule has 3 rings (SSSR count). The van der Waals surface area contributed by atoms with Gasteiger partial charge in [-0.2, -0.15) is 5.10 Å². The molecule has 8 nitrogen and oxygen atoms in total. The fraction of sp³-hybridized carbons (Fsp3) is 0.467. The zero-order valence-corrected chi connectivity index (χ0v) is 13.4. The highest BCUT2D eigenvalue weighted by atomic mass is 16.5. The average Bonchev–Trinajstić information content (AvgIpc) is 2.80. The van der Waals surface area contributed by atoms with Crippen LogP contribution in [0.15, 0.2) is 6.07 Å². The Labute approximate surface area is 133 Å². The zero-order chi connectivity index (χ0) is 16.7. The number of fused-ring (bicyclic) bond motifs is 1. The maximum absolute atomic E-state index is 12.9. The van der Waals surface area contributed by atoms with Gasteiger partial charge in [0.1, 0.15) is 0 Å². The van der Waals surface area contributed by atoms with E-state index in [0.29, 0.717) is 24.4 Å². The summed E-state index contributed by atoms with van der Waals surface area (Å²) in [6.45, 7) is 4.56. The molecule has 0 bridgehead atoms. The quantitative estimate of drug-likeness (QED) is 0.834. The summed E-state index contributed by atoms with van der Waals surface area (Å²) in [6, 6.07) is 1.76. The van der Waals surface area contributed by atoms with E-state index in [1.54, 1.807) is 22.7 Å². The van der Waals surface area contributed by atoms with E-state index in [2.05, 4.69) is 10.1 Å². The number of morpholine rings is 1. The van der Waals surface area contributed by atoms with Gasteiger partial charge in [-0.3, -0.25) is 14.3 Å². The van der Waals surface area contributed by atoms with E-state index in [4.69, 9.17) is 10.5 Å². The first kappa shape index (κ1) is 15.4. The smallest absolute Gasteiger partial charge is 0.254 e. The molecule has 3 heterocycles. The maximum Gasteiger partial charge on any atom is 0.254 e. The van der Waals surface area contributed by atoms with Crippen LogP contribution in [0.1, 0.15) is 21.7 Å². The highest BCUT2D eigenvalue weighted by molar-refractivity contribution is 6.06. The topological polar surface area (TPSA) is 103 Å². The first-order chi connectivity index (χ1) is 10.9. The van der Waals surface area contributed by atoms with E-state index in [1.807, 2.05) is 13.8 Å². The van der Waals surface area contributed by atoms with Gasteiger partial charge >= 0.3 is 0 Å². The molecule has 1 fully saturated rings. The van der Waals surface area contributed by atoms with Gasteiger partial charge < -0.3 is 15.4 Å². The number of aromatic nitrogens is 3. The third-order valence-corrected chi connectivity index (χ3v) is 4.00. The number of rotatable bonds is 2. The number of aryl methyl sites for hydroxylation is 3. The van der Waals surface area contributed by atoms with Crippen molar-refractivity contribution in [3.63, 3.8) is 0 Å². The molecule has 0 aromatic carbocycles. The van der Waals surface area contributed by atoms with Gasteiger partial charge in [-0.05, 0) is 19.9 Å². The number of pyridine rings is 1. The molecule has 2 amide bonds. The van der Waals surface area contributed by atoms with Gasteiger partial charge in [0.05, 0.1) is 29.8 Å². The highest BCUT2D eigenvalue weighted by Crippen LogP contribution is 2.23. The number of nitrogens with zero attached hydrogens (tertiary/aromatic N) is 4. The van der Waals surface area contributed by atoms with Crippen LogP contribution in [0.2, 0.25) is 0 Å². The minimum Gasteiger partial charge on any atom is -0.367 e. The monoisotopic (exact) mass is 317 g/mol. The molecule has 2 N–H and O–H groups in total. The number of hydrogen-bond donors (Lipinski definition) is 1. The second-order valence-electron chi connectivity index (χ2n) is 5.73. The van der Waals surface area contributed by atoms with Gasteiger partial charge in [0.2, 0.25) is 5.91 Å². The van der Waals surface area contributed by atoms with Crippen molar-refractivity contribution >= 4 is 22.8 Å². The minimum absolute atomic E-state index is 0.161. The fourth-order valence-corrected chi connectivity index (χ4v) is 2.91. The number of hydrogen-bond acceptors (Lipinski definition) is 5. The summed E-state index contributed by atoms with van der Waals surface area (Å²) in [5.74, 6) is -0.720. The number of primary amides is 1. The van der Waals surface area contributed by atoms with Crippen molar-refractivity contribution in [1.29, 1.82) is 0 Å². The van der Waals surface area contributed by atoms with Gasteiger partial charge in [0.25, 0.3) is 5.91 Å². The zero-order valence-electron chi connectivity index (χ0n) is 13.4. The van der Waals surface area contributed by atoms with Gasteiger partial charge in [-0.1, -0.05) is 0 Å². The Morgan fingerprint density at radius 1 is 1.39 bits per heavy atom. The van der Waals surface area contributed by atoms with Crippen LogP contribution < -0.4 is 5.73 Å². The molecule has 2 aromatic rings. The Morgan fingerprint density at radius 3 is 2.83 bits per heavy atom. The summed E-state index contributed by atoms with van der Waals surface area (Å²) in [6.07, 6.45) is -0.763. The third kappa shape index (κ3) is 2.65. The lowest BCUT2D eigenvalue weighted by molar-refractivity contribution is -0.133. The molecule has 0 radical (unpaired) electrons. The lowest BCUT2D eigenvalue weighted by atomic mass is 10.1. The predicted molar refractivity (Wildman–Crippen MR) is 82.8 cm³/mol. The summed E-state index contributed by atoms with van der Waals surface area (Å²) in [5.41, 5.74) is 7.99. The van der Waals surface area contributed by atoms with Crippen molar-refractivity contribution < 1.29 is 14.3 Å². The highest BCUT2D eigenvalue weighted by Gasteiger charge is 2.30. The molecule has 1 aliphatic rings. The normalized spacial score (nSPS) is 18.4. The maximum atomic E-state index is 12.9. The number of amides is 2. The first-order valence-electron chi connectivity index (χ1n) is 7.39. The second-order valence-corrected chi connectivity index (χ2v) is 5.73. The van der Waals surface area contributed by atoms with Crippen LogP contribution in [0.3, 0.4) is 0 Å². The van der Waals surface area contributed by atoms with E-state index in [1.165, 1.54) is 0 Å². The molecule has 0 saturated carbocycles. The average molecular weight is 317 g/mol. The molecule has 0 spiro atoms. The molecule has 8 heteroatoms. The summed E-state index contributed by atoms with van der Waals surface area (Å²) in [5, 5.41) is 5.09. The van der Waals surface area contributed by atoms with E-state index in [9.17, 15) is 9.59 Å². The molecule has 23 heavy (non-hydrogen) atoms. The van der Waals surface area contributed by atoms with Crippen molar-refractivity contribution in [3.05, 3.63) is 23.0 Å². The number of nitrogens with two attached hydrogens (primary N) is 1. The summed E-state index contributed by atoms with van der Waals surface area (Å²) in [4.78, 5) is 30.3. The van der Waals surface area contributed by atoms with Gasteiger partial charge in [-0.25, -0.2) is 4.98 Å². The third-order valence-electron chi connectivity index (χ3n) is 4.00. The number of carbonyl (C=O) groups is 2. The standard InChI is InChI=1S/C15H19N5O3/c1-8-6-10(12-9(2)18-19(3)14(12)17-8)15(22)20-4-5-23-11(7-20)13(16)21/h6,11H,4-5,7H2,1-3H3,(H2,16,21). The molecule has 122 valence electrons. The molecule has 2 aromatic heterocycles. The molecule has 1 saturated heterocycles. The van der Waals surface area contributed by atoms with Crippen LogP contribution in [0.5, 0.6) is 0 Å². The Hall–Kier alpha value is -2.48. The first-order valence-corrected chi connectivity index (χ1v) is 7.39. The van der Waals surface area contributed by atoms with E-state index in [-0.39, 0.29) is 12.5 Å². The Bertz CT molecular complexity index is 798. The minimum atomic E-state index is -0.763. The fourth-order valence-electron chi connectivity index (χ4n) is 2.91. The van der Waals surface area contributed by atoms with Crippen LogP contribution in [0.4, 0.5) is 0 Å². The van der Waals surface area contributed by atoms with Crippen LogP contribution in [-0.4, -0.2) is 57.3 Å². The van der Waals surface area contributed by atoms with Crippen molar-refractivity contribution in [2.45, 2.75) is 20.0 Å². The van der Waals surface area contributed by atoms with E-state index >= 15 is 0 Å². The van der Waals surface area contributed by atoms with Crippen LogP contribution in [-0.2, 0) is 16.6 Å². The summed E-state index contributed by atoms with van der Waals surface area (Å²) >= 11 is 0. The SMILES string of the molecule is Cc1cc(C(=O)N2CCOC(C(N)=O)C2)c2c(C)nn(C)c2n1. The van der Waals surface area contributed by atoms with Crippen molar-refractivity contribution in [2.75, 3.05) is 19.7 Å². The number of ether oxygens (including phenoxy) is 1. The van der Waals surface area contributed by atoms with E-state index in [0.717, 1.165) is 16.8 Å². The van der Waals surface area contributed by atoms with Crippen LogP contribution in [0.25, 0.3) is 11.0 Å². The van der Waals surface area contributed by atoms with E-state index < -0.39 is 12.0 Å². The summed E-state index contributed by atoms with van der Waals surface area (Å²) in [7, 11) is 1.80. The molecule has 0 aliphatic carbocycles. The van der Waals surface area contributed by atoms with Crippen molar-refractivity contribution in [3.8, 4) is 0 Å². The van der Waals surface area contributed by atoms with Crippen LogP contribution in [0, 0.1) is 13.8 Å². The lowest BCUT2D eigenvalue weighted by Crippen LogP contribution is -2.50. The molecular weight excluding hydrogens is 298 g/mol.